The zero-order valence-corrected chi connectivity index (χ0v) is 13.8. The molecule has 0 spiro atoms. The van der Waals surface area contributed by atoms with Gasteiger partial charge in [-0.05, 0) is 44.4 Å². The van der Waals surface area contributed by atoms with Crippen molar-refractivity contribution in [2.24, 2.45) is 0 Å². The first-order valence-corrected chi connectivity index (χ1v) is 7.17. The highest BCUT2D eigenvalue weighted by molar-refractivity contribution is 5.95. The van der Waals surface area contributed by atoms with Crippen LogP contribution in [-0.4, -0.2) is 36.0 Å². The van der Waals surface area contributed by atoms with E-state index in [0.717, 1.165) is 0 Å². The third-order valence-corrected chi connectivity index (χ3v) is 2.96. The summed E-state index contributed by atoms with van der Waals surface area (Å²) in [6.45, 7) is 9.56. The summed E-state index contributed by atoms with van der Waals surface area (Å²) < 4.78 is 5.21. The van der Waals surface area contributed by atoms with Crippen molar-refractivity contribution in [3.05, 3.63) is 35.4 Å². The van der Waals surface area contributed by atoms with Gasteiger partial charge in [0, 0.05) is 12.6 Å². The van der Waals surface area contributed by atoms with Gasteiger partial charge in [0.15, 0.2) is 0 Å². The lowest BCUT2D eigenvalue weighted by atomic mass is 10.0. The van der Waals surface area contributed by atoms with E-state index in [0.29, 0.717) is 11.5 Å². The van der Waals surface area contributed by atoms with E-state index in [-0.39, 0.29) is 12.5 Å². The summed E-state index contributed by atoms with van der Waals surface area (Å²) in [5.41, 5.74) is 1.21. The molecule has 0 aliphatic heterocycles. The third kappa shape index (κ3) is 5.58. The Bertz CT molecular complexity index is 498. The van der Waals surface area contributed by atoms with Crippen LogP contribution in [0.4, 0.5) is 0 Å². The molecule has 0 unspecified atom stereocenters. The van der Waals surface area contributed by atoms with Crippen LogP contribution in [0.1, 0.15) is 56.5 Å². The van der Waals surface area contributed by atoms with Crippen molar-refractivity contribution >= 4 is 11.9 Å². The summed E-state index contributed by atoms with van der Waals surface area (Å²) in [6, 6.07) is 7.48. The van der Waals surface area contributed by atoms with Gasteiger partial charge in [-0.3, -0.25) is 9.59 Å². The zero-order chi connectivity index (χ0) is 16.2. The molecule has 21 heavy (non-hydrogen) atoms. The van der Waals surface area contributed by atoms with E-state index in [1.54, 1.807) is 40.0 Å². The number of amides is 1. The third-order valence-electron chi connectivity index (χ3n) is 2.96. The average Bonchev–Trinajstić information content (AvgIpc) is 2.35. The molecular weight excluding hydrogens is 266 g/mol. The quantitative estimate of drug-likeness (QED) is 0.800. The Morgan fingerprint density at radius 2 is 1.67 bits per heavy atom. The highest BCUT2D eigenvalue weighted by Gasteiger charge is 2.20. The Hall–Kier alpha value is -1.84. The van der Waals surface area contributed by atoms with Gasteiger partial charge in [0.2, 0.25) is 0 Å². The van der Waals surface area contributed by atoms with Crippen LogP contribution in [0.3, 0.4) is 0 Å². The van der Waals surface area contributed by atoms with Crippen molar-refractivity contribution in [2.45, 2.75) is 46.1 Å². The SMILES string of the molecule is CC(C)c1ccc(C(=O)N(C)CC(=O)OC(C)(C)C)cc1. The normalized spacial score (nSPS) is 11.4. The first kappa shape index (κ1) is 17.2. The number of rotatable bonds is 4. The fraction of sp³-hybridized carbons (Fsp3) is 0.529. The zero-order valence-electron chi connectivity index (χ0n) is 13.8. The van der Waals surface area contributed by atoms with Crippen LogP contribution in [0.15, 0.2) is 24.3 Å². The molecule has 0 bridgehead atoms. The summed E-state index contributed by atoms with van der Waals surface area (Å²) in [4.78, 5) is 25.4. The molecule has 1 aromatic carbocycles. The maximum absolute atomic E-state index is 12.2. The fourth-order valence-electron chi connectivity index (χ4n) is 1.87. The highest BCUT2D eigenvalue weighted by atomic mass is 16.6. The second-order valence-electron chi connectivity index (χ2n) is 6.52. The van der Waals surface area contributed by atoms with Crippen LogP contribution >= 0.6 is 0 Å². The van der Waals surface area contributed by atoms with Crippen LogP contribution in [0, 0.1) is 0 Å². The molecule has 116 valence electrons. The molecule has 4 heteroatoms. The van der Waals surface area contributed by atoms with Gasteiger partial charge >= 0.3 is 5.97 Å². The van der Waals surface area contributed by atoms with E-state index < -0.39 is 11.6 Å². The van der Waals surface area contributed by atoms with E-state index in [9.17, 15) is 9.59 Å². The van der Waals surface area contributed by atoms with Crippen LogP contribution in [0.25, 0.3) is 0 Å². The average molecular weight is 291 g/mol. The minimum absolute atomic E-state index is 0.0535. The Kier molecular flexibility index (Phi) is 5.53. The van der Waals surface area contributed by atoms with Crippen molar-refractivity contribution in [3.63, 3.8) is 0 Å². The van der Waals surface area contributed by atoms with Gasteiger partial charge in [-0.15, -0.1) is 0 Å². The van der Waals surface area contributed by atoms with Gasteiger partial charge in [-0.1, -0.05) is 26.0 Å². The number of benzene rings is 1. The minimum atomic E-state index is -0.542. The molecule has 1 aromatic rings. The van der Waals surface area contributed by atoms with Crippen molar-refractivity contribution in [3.8, 4) is 0 Å². The van der Waals surface area contributed by atoms with Crippen LogP contribution in [0.2, 0.25) is 0 Å². The van der Waals surface area contributed by atoms with Crippen LogP contribution in [0.5, 0.6) is 0 Å². The summed E-state index contributed by atoms with van der Waals surface area (Å²) >= 11 is 0. The lowest BCUT2D eigenvalue weighted by Gasteiger charge is -2.22. The number of carbonyl (C=O) groups is 2. The molecule has 1 rings (SSSR count). The topological polar surface area (TPSA) is 46.6 Å². The van der Waals surface area contributed by atoms with Gasteiger partial charge in [-0.2, -0.15) is 0 Å². The Morgan fingerprint density at radius 1 is 1.14 bits per heavy atom. The predicted octanol–water partition coefficient (Wildman–Crippen LogP) is 3.22. The van der Waals surface area contributed by atoms with E-state index in [1.807, 2.05) is 12.1 Å². The Balaban J connectivity index is 2.68. The Labute approximate surface area is 127 Å². The number of hydrogen-bond donors (Lipinski definition) is 0. The van der Waals surface area contributed by atoms with E-state index >= 15 is 0 Å². The van der Waals surface area contributed by atoms with E-state index in [4.69, 9.17) is 4.74 Å². The first-order valence-electron chi connectivity index (χ1n) is 7.17. The first-order chi connectivity index (χ1) is 9.60. The van der Waals surface area contributed by atoms with Gasteiger partial charge in [0.05, 0.1) is 0 Å². The smallest absolute Gasteiger partial charge is 0.326 e. The minimum Gasteiger partial charge on any atom is -0.459 e. The summed E-state index contributed by atoms with van der Waals surface area (Å²) in [7, 11) is 1.60. The number of ether oxygens (including phenoxy) is 1. The lowest BCUT2D eigenvalue weighted by Crippen LogP contribution is -2.36. The van der Waals surface area contributed by atoms with Gasteiger partial charge in [0.1, 0.15) is 12.1 Å². The largest absolute Gasteiger partial charge is 0.459 e. The molecule has 0 N–H and O–H groups in total. The van der Waals surface area contributed by atoms with Crippen LogP contribution < -0.4 is 0 Å². The maximum Gasteiger partial charge on any atom is 0.326 e. The fourth-order valence-corrected chi connectivity index (χ4v) is 1.87. The van der Waals surface area contributed by atoms with Crippen molar-refractivity contribution in [1.29, 1.82) is 0 Å². The van der Waals surface area contributed by atoms with Crippen LogP contribution in [-0.2, 0) is 9.53 Å². The molecule has 0 aliphatic carbocycles. The molecule has 1 amide bonds. The molecule has 0 aliphatic rings. The summed E-state index contributed by atoms with van der Waals surface area (Å²) in [5, 5.41) is 0. The number of nitrogens with zero attached hydrogens (tertiary/aromatic N) is 1. The molecule has 4 nitrogen and oxygen atoms in total. The van der Waals surface area contributed by atoms with Gasteiger partial charge < -0.3 is 9.64 Å². The number of carbonyl (C=O) groups excluding carboxylic acids is 2. The van der Waals surface area contributed by atoms with E-state index in [1.165, 1.54) is 10.5 Å². The summed E-state index contributed by atoms with van der Waals surface area (Å²) in [6.07, 6.45) is 0. The predicted molar refractivity (Wildman–Crippen MR) is 83.3 cm³/mol. The van der Waals surface area contributed by atoms with Crippen molar-refractivity contribution in [1.82, 2.24) is 4.90 Å². The Morgan fingerprint density at radius 3 is 2.10 bits per heavy atom. The molecule has 0 fully saturated rings. The molecule has 0 saturated carbocycles. The van der Waals surface area contributed by atoms with Crippen molar-refractivity contribution in [2.75, 3.05) is 13.6 Å². The van der Waals surface area contributed by atoms with Crippen molar-refractivity contribution < 1.29 is 14.3 Å². The molecule has 0 saturated heterocycles. The second-order valence-corrected chi connectivity index (χ2v) is 6.52. The standard InChI is InChI=1S/C17H25NO3/c1-12(2)13-7-9-14(10-8-13)16(20)18(6)11-15(19)21-17(3,4)5/h7-10,12H,11H2,1-6H3. The van der Waals surface area contributed by atoms with Gasteiger partial charge in [0.25, 0.3) is 5.91 Å². The highest BCUT2D eigenvalue weighted by Crippen LogP contribution is 2.15. The molecule has 0 aromatic heterocycles. The van der Waals surface area contributed by atoms with Gasteiger partial charge in [-0.25, -0.2) is 0 Å². The maximum atomic E-state index is 12.2. The lowest BCUT2D eigenvalue weighted by molar-refractivity contribution is -0.155. The summed E-state index contributed by atoms with van der Waals surface area (Å²) in [5.74, 6) is -0.165. The van der Waals surface area contributed by atoms with E-state index in [2.05, 4.69) is 13.8 Å². The molecule has 0 radical (unpaired) electrons. The number of hydrogen-bond acceptors (Lipinski definition) is 3. The second kappa shape index (κ2) is 6.74. The number of likely N-dealkylation sites (N-methyl/N-ethyl adjacent to an activating group) is 1. The molecule has 0 atom stereocenters. The molecular formula is C17H25NO3. The number of esters is 1. The molecule has 0 heterocycles. The monoisotopic (exact) mass is 291 g/mol.